The van der Waals surface area contributed by atoms with Gasteiger partial charge in [0.15, 0.2) is 0 Å². The minimum absolute atomic E-state index is 0.237. The SMILES string of the molecule is Cc1ccc(C(=O)[N+]2(c3ccccc3)CCCCC2)cc1. The Kier molecular flexibility index (Phi) is 3.89. The predicted molar refractivity (Wildman–Crippen MR) is 87.3 cm³/mol. The number of hydrogen-bond donors (Lipinski definition) is 0. The van der Waals surface area contributed by atoms with Gasteiger partial charge < -0.3 is 0 Å². The number of piperidine rings is 1. The van der Waals surface area contributed by atoms with Crippen molar-refractivity contribution in [1.82, 2.24) is 4.48 Å². The van der Waals surface area contributed by atoms with Crippen LogP contribution in [-0.4, -0.2) is 19.0 Å². The summed E-state index contributed by atoms with van der Waals surface area (Å²) in [5, 5.41) is 0. The van der Waals surface area contributed by atoms with E-state index in [1.807, 2.05) is 42.5 Å². The van der Waals surface area contributed by atoms with Crippen LogP contribution in [0, 0.1) is 6.92 Å². The van der Waals surface area contributed by atoms with Gasteiger partial charge in [0.2, 0.25) is 0 Å². The Bertz CT molecular complexity index is 610. The third kappa shape index (κ3) is 2.64. The molecule has 21 heavy (non-hydrogen) atoms. The van der Waals surface area contributed by atoms with E-state index in [4.69, 9.17) is 0 Å². The molecule has 1 aliphatic rings. The Labute approximate surface area is 126 Å². The Morgan fingerprint density at radius 3 is 2.10 bits per heavy atom. The maximum atomic E-state index is 13.2. The Balaban J connectivity index is 2.03. The molecule has 0 aliphatic carbocycles. The van der Waals surface area contributed by atoms with E-state index in [1.54, 1.807) is 0 Å². The third-order valence-corrected chi connectivity index (χ3v) is 4.52. The van der Waals surface area contributed by atoms with Crippen LogP contribution in [-0.2, 0) is 0 Å². The van der Waals surface area contributed by atoms with Crippen LogP contribution in [0.1, 0.15) is 35.2 Å². The molecule has 3 rings (SSSR count). The van der Waals surface area contributed by atoms with Gasteiger partial charge in [-0.1, -0.05) is 35.9 Å². The van der Waals surface area contributed by atoms with E-state index < -0.39 is 0 Å². The standard InChI is InChI=1S/C19H22NO/c1-16-10-12-17(13-11-16)19(21)20(14-6-3-7-15-20)18-8-4-2-5-9-18/h2,4-5,8-13H,3,6-7,14-15H2,1H3/q+1. The second kappa shape index (κ2) is 5.82. The highest BCUT2D eigenvalue weighted by Gasteiger charge is 2.40. The lowest BCUT2D eigenvalue weighted by molar-refractivity contribution is 0.0732. The van der Waals surface area contributed by atoms with E-state index in [0.29, 0.717) is 4.48 Å². The molecule has 0 radical (unpaired) electrons. The van der Waals surface area contributed by atoms with E-state index in [0.717, 1.165) is 37.2 Å². The number of quaternary nitrogens is 1. The van der Waals surface area contributed by atoms with Crippen molar-refractivity contribution in [3.05, 3.63) is 65.7 Å². The molecule has 0 N–H and O–H groups in total. The number of rotatable bonds is 2. The summed E-state index contributed by atoms with van der Waals surface area (Å²) in [5.74, 6) is 0.237. The number of carbonyl (C=O) groups is 1. The fourth-order valence-electron chi connectivity index (χ4n) is 3.29. The quantitative estimate of drug-likeness (QED) is 0.748. The Morgan fingerprint density at radius 1 is 0.857 bits per heavy atom. The second-order valence-electron chi connectivity index (χ2n) is 5.98. The molecule has 1 fully saturated rings. The van der Waals surface area contributed by atoms with Crippen molar-refractivity contribution < 1.29 is 4.79 Å². The first-order valence-electron chi connectivity index (χ1n) is 7.77. The number of amides is 1. The summed E-state index contributed by atoms with van der Waals surface area (Å²) in [6.07, 6.45) is 3.47. The first kappa shape index (κ1) is 14.0. The van der Waals surface area contributed by atoms with Gasteiger partial charge in [-0.25, -0.2) is 9.28 Å². The molecular formula is C19H22NO+. The maximum Gasteiger partial charge on any atom is 0.350 e. The highest BCUT2D eigenvalue weighted by atomic mass is 16.2. The molecule has 2 aromatic rings. The molecule has 1 amide bonds. The predicted octanol–water partition coefficient (Wildman–Crippen LogP) is 4.33. The fourth-order valence-corrected chi connectivity index (χ4v) is 3.29. The maximum absolute atomic E-state index is 13.2. The van der Waals surface area contributed by atoms with Gasteiger partial charge in [-0.3, -0.25) is 0 Å². The van der Waals surface area contributed by atoms with E-state index in [2.05, 4.69) is 19.1 Å². The van der Waals surface area contributed by atoms with Crippen molar-refractivity contribution in [3.8, 4) is 0 Å². The van der Waals surface area contributed by atoms with Gasteiger partial charge >= 0.3 is 5.91 Å². The molecule has 2 aromatic carbocycles. The van der Waals surface area contributed by atoms with E-state index in [9.17, 15) is 4.79 Å². The van der Waals surface area contributed by atoms with Crippen LogP contribution in [0.25, 0.3) is 0 Å². The summed E-state index contributed by atoms with van der Waals surface area (Å²) in [5.41, 5.74) is 3.14. The lowest BCUT2D eigenvalue weighted by Crippen LogP contribution is -2.57. The highest BCUT2D eigenvalue weighted by Crippen LogP contribution is 2.31. The van der Waals surface area contributed by atoms with Crippen LogP contribution < -0.4 is 4.48 Å². The van der Waals surface area contributed by atoms with Crippen molar-refractivity contribution in [3.63, 3.8) is 0 Å². The van der Waals surface area contributed by atoms with Crippen molar-refractivity contribution >= 4 is 11.6 Å². The first-order chi connectivity index (χ1) is 10.2. The average molecular weight is 280 g/mol. The average Bonchev–Trinajstić information content (AvgIpc) is 2.56. The molecule has 0 saturated carbocycles. The summed E-state index contributed by atoms with van der Waals surface area (Å²) >= 11 is 0. The lowest BCUT2D eigenvalue weighted by Gasteiger charge is -2.38. The van der Waals surface area contributed by atoms with Crippen molar-refractivity contribution in [2.45, 2.75) is 26.2 Å². The molecule has 1 saturated heterocycles. The monoisotopic (exact) mass is 280 g/mol. The van der Waals surface area contributed by atoms with Crippen molar-refractivity contribution in [1.29, 1.82) is 0 Å². The normalized spacial score (nSPS) is 17.4. The van der Waals surface area contributed by atoms with E-state index >= 15 is 0 Å². The Hall–Kier alpha value is -1.93. The number of carbonyl (C=O) groups excluding carboxylic acids is 1. The summed E-state index contributed by atoms with van der Waals surface area (Å²) in [7, 11) is 0. The van der Waals surface area contributed by atoms with Crippen LogP contribution in [0.15, 0.2) is 54.6 Å². The number of nitrogens with zero attached hydrogens (tertiary/aromatic N) is 1. The fraction of sp³-hybridized carbons (Fsp3) is 0.316. The number of aryl methyl sites for hydroxylation is 1. The Morgan fingerprint density at radius 2 is 1.48 bits per heavy atom. The molecule has 108 valence electrons. The van der Waals surface area contributed by atoms with Crippen LogP contribution in [0.5, 0.6) is 0 Å². The molecule has 0 atom stereocenters. The van der Waals surface area contributed by atoms with Crippen LogP contribution in [0.4, 0.5) is 5.69 Å². The molecule has 0 bridgehead atoms. The molecule has 0 spiro atoms. The molecule has 2 nitrogen and oxygen atoms in total. The molecule has 0 unspecified atom stereocenters. The smallest absolute Gasteiger partial charge is 0.225 e. The second-order valence-corrected chi connectivity index (χ2v) is 5.98. The number of para-hydroxylation sites is 1. The zero-order chi connectivity index (χ0) is 14.7. The van der Waals surface area contributed by atoms with Gasteiger partial charge in [-0.05, 0) is 50.5 Å². The van der Waals surface area contributed by atoms with Crippen LogP contribution in [0.2, 0.25) is 0 Å². The minimum atomic E-state index is 0.237. The van der Waals surface area contributed by atoms with Crippen LogP contribution in [0.3, 0.4) is 0 Å². The largest absolute Gasteiger partial charge is 0.350 e. The molecular weight excluding hydrogens is 258 g/mol. The van der Waals surface area contributed by atoms with Crippen LogP contribution >= 0.6 is 0 Å². The zero-order valence-electron chi connectivity index (χ0n) is 12.6. The summed E-state index contributed by atoms with van der Waals surface area (Å²) < 4.78 is 0.476. The minimum Gasteiger partial charge on any atom is -0.225 e. The number of likely N-dealkylation sites (tertiary alicyclic amines) is 1. The van der Waals surface area contributed by atoms with E-state index in [1.165, 1.54) is 12.0 Å². The molecule has 1 aliphatic heterocycles. The highest BCUT2D eigenvalue weighted by molar-refractivity contribution is 6.02. The van der Waals surface area contributed by atoms with Gasteiger partial charge in [-0.2, -0.15) is 0 Å². The summed E-state index contributed by atoms with van der Waals surface area (Å²) in [6.45, 7) is 3.88. The van der Waals surface area contributed by atoms with Gasteiger partial charge in [0.05, 0.1) is 18.7 Å². The van der Waals surface area contributed by atoms with Gasteiger partial charge in [0.25, 0.3) is 0 Å². The van der Waals surface area contributed by atoms with Crippen molar-refractivity contribution in [2.75, 3.05) is 13.1 Å². The summed E-state index contributed by atoms with van der Waals surface area (Å²) in [6, 6.07) is 18.3. The molecule has 1 heterocycles. The summed E-state index contributed by atoms with van der Waals surface area (Å²) in [4.78, 5) is 13.2. The molecule has 2 heteroatoms. The molecule has 0 aromatic heterocycles. The topological polar surface area (TPSA) is 17.1 Å². The third-order valence-electron chi connectivity index (χ3n) is 4.52. The zero-order valence-corrected chi connectivity index (χ0v) is 12.6. The van der Waals surface area contributed by atoms with Gasteiger partial charge in [0, 0.05) is 0 Å². The van der Waals surface area contributed by atoms with Gasteiger partial charge in [-0.15, -0.1) is 0 Å². The number of hydrogen-bond acceptors (Lipinski definition) is 1. The first-order valence-corrected chi connectivity index (χ1v) is 7.77. The lowest BCUT2D eigenvalue weighted by atomic mass is 10.0. The van der Waals surface area contributed by atoms with Crippen molar-refractivity contribution in [2.24, 2.45) is 0 Å². The number of benzene rings is 2. The van der Waals surface area contributed by atoms with Gasteiger partial charge in [0.1, 0.15) is 5.69 Å². The van der Waals surface area contributed by atoms with E-state index in [-0.39, 0.29) is 5.91 Å².